The van der Waals surface area contributed by atoms with Crippen LogP contribution in [-0.4, -0.2) is 73.4 Å². The standard InChI is InChI=1S/C11H16N2O2.C11H14N2O.C7H6N2.C4H11NO.2ClH.HI.H3N.Zn/c1-8-5-4-6-12-9(8)10(15)13-11(2,3)7-14;1-8-5-4-6-12-9(8)10-13-11(2,3)7-14-10;1-6-3-2-4-9-7(6)5-8;1-4(2,5)3-6;;;;;/h4-6,14H,7H2,1-3H3,(H,13,15);4-6H,7H2,1-3H3;2-4H,1H3;6H,3,5H2,1-2H3;3*1H;1H3;/q;;;;;;;;+2/p-2. The number of rotatable bonds is 5. The van der Waals surface area contributed by atoms with Crippen molar-refractivity contribution in [2.75, 3.05) is 19.8 Å². The molecule has 0 radical (unpaired) electrons. The summed E-state index contributed by atoms with van der Waals surface area (Å²) in [6, 6.07) is 13.2. The summed E-state index contributed by atoms with van der Waals surface area (Å²) in [5.41, 5.74) is 8.77. The van der Waals surface area contributed by atoms with Crippen molar-refractivity contribution in [2.24, 2.45) is 10.7 Å². The second-order valence-corrected chi connectivity index (χ2v) is 17.0. The van der Waals surface area contributed by atoms with Gasteiger partial charge in [-0.1, -0.05) is 18.2 Å². The molecule has 8 N–H and O–H groups in total. The van der Waals surface area contributed by atoms with Gasteiger partial charge in [-0.3, -0.25) is 14.8 Å². The van der Waals surface area contributed by atoms with Crippen LogP contribution in [0, 0.1) is 32.1 Å². The van der Waals surface area contributed by atoms with E-state index in [9.17, 15) is 4.79 Å². The third-order valence-corrected chi connectivity index (χ3v) is 5.77. The number of hydrogen-bond donors (Lipinski definition) is 5. The molecule has 0 saturated heterocycles. The first-order chi connectivity index (χ1) is 21.9. The van der Waals surface area contributed by atoms with Crippen LogP contribution in [0.3, 0.4) is 0 Å². The van der Waals surface area contributed by atoms with Gasteiger partial charge in [-0.15, -0.1) is 24.0 Å². The molecule has 0 saturated carbocycles. The van der Waals surface area contributed by atoms with Crippen LogP contribution in [0.15, 0.2) is 60.0 Å². The predicted octanol–water partition coefficient (Wildman–Crippen LogP) is 5.97. The van der Waals surface area contributed by atoms with Gasteiger partial charge >= 0.3 is 34.5 Å². The number of carbonyl (C=O) groups excluding carboxylic acids is 1. The van der Waals surface area contributed by atoms with Gasteiger partial charge in [0.15, 0.2) is 0 Å². The van der Waals surface area contributed by atoms with Gasteiger partial charge in [-0.25, -0.2) is 9.98 Å². The summed E-state index contributed by atoms with van der Waals surface area (Å²) in [5, 5.41) is 28.4. The number of nitrogens with one attached hydrogen (secondary N) is 1. The van der Waals surface area contributed by atoms with Crippen LogP contribution in [-0.2, 0) is 19.9 Å². The number of nitriles is 1. The Hall–Kier alpha value is -2.35. The van der Waals surface area contributed by atoms with Crippen LogP contribution in [0.5, 0.6) is 0 Å². The molecule has 16 heteroatoms. The minimum atomic E-state index is -0.931. The summed E-state index contributed by atoms with van der Waals surface area (Å²) in [5.74, 6) is 0.417. The van der Waals surface area contributed by atoms with E-state index >= 15 is 0 Å². The zero-order valence-corrected chi connectivity index (χ0v) is 36.7. The summed E-state index contributed by atoms with van der Waals surface area (Å²) in [4.78, 5) is 28.3. The van der Waals surface area contributed by atoms with Gasteiger partial charge in [0.05, 0.1) is 24.3 Å². The molecule has 0 aliphatic carbocycles. The number of hydrogen-bond acceptors (Lipinski definition) is 11. The van der Waals surface area contributed by atoms with Crippen LogP contribution >= 0.6 is 43.4 Å². The molecule has 49 heavy (non-hydrogen) atoms. The van der Waals surface area contributed by atoms with Gasteiger partial charge in [-0.2, -0.15) is 5.26 Å². The number of ether oxygens (including phenoxy) is 1. The molecule has 1 amide bonds. The first-order valence-corrected chi connectivity index (χ1v) is 22.5. The summed E-state index contributed by atoms with van der Waals surface area (Å²) >= 11 is -0.931. The zero-order valence-electron chi connectivity index (χ0n) is 29.9. The van der Waals surface area contributed by atoms with E-state index in [-0.39, 0.29) is 54.8 Å². The molecule has 0 bridgehead atoms. The number of amides is 1. The topological polar surface area (TPSA) is 215 Å². The number of aliphatic hydroxyl groups excluding tert-OH is 2. The Kier molecular flexibility index (Phi) is 26.6. The van der Waals surface area contributed by atoms with Crippen LogP contribution in [0.4, 0.5) is 0 Å². The number of halogens is 3. The Morgan fingerprint density at radius 1 is 0.980 bits per heavy atom. The normalized spacial score (nSPS) is 12.1. The fourth-order valence-electron chi connectivity index (χ4n) is 3.15. The van der Waals surface area contributed by atoms with Gasteiger partial charge in [0.2, 0.25) is 5.90 Å². The van der Waals surface area contributed by atoms with Gasteiger partial charge in [0.25, 0.3) is 5.91 Å². The van der Waals surface area contributed by atoms with Gasteiger partial charge < -0.3 is 32.2 Å². The summed E-state index contributed by atoms with van der Waals surface area (Å²) in [7, 11) is 9.90. The predicted molar refractivity (Wildman–Crippen MR) is 204 cm³/mol. The Morgan fingerprint density at radius 3 is 1.82 bits per heavy atom. The molecule has 0 atom stereocenters. The maximum absolute atomic E-state index is 11.8. The molecule has 12 nitrogen and oxygen atoms in total. The quantitative estimate of drug-likeness (QED) is 0.150. The average Bonchev–Trinajstić information content (AvgIpc) is 3.37. The van der Waals surface area contributed by atoms with E-state index in [0.717, 1.165) is 22.4 Å². The van der Waals surface area contributed by atoms with Crippen LogP contribution in [0.1, 0.15) is 80.1 Å². The Balaban J connectivity index is -0.000000577. The van der Waals surface area contributed by atoms with Gasteiger partial charge in [0.1, 0.15) is 29.8 Å². The molecule has 1 aliphatic rings. The van der Waals surface area contributed by atoms with Crippen molar-refractivity contribution in [3.05, 3.63) is 88.8 Å². The fraction of sp³-hybridized carbons (Fsp3) is 0.455. The van der Waals surface area contributed by atoms with Crippen molar-refractivity contribution < 1.29 is 34.9 Å². The molecule has 0 unspecified atom stereocenters. The maximum atomic E-state index is 11.8. The molecule has 3 aromatic heterocycles. The van der Waals surface area contributed by atoms with Gasteiger partial charge in [0, 0.05) is 24.1 Å². The number of pyridine rings is 3. The molecular formula is C33H51Cl2IN8O4Zn. The van der Waals surface area contributed by atoms with E-state index in [1.165, 1.54) is 0 Å². The second kappa shape index (κ2) is 25.6. The number of carbonyl (C=O) groups is 1. The van der Waals surface area contributed by atoms with Crippen LogP contribution < -0.4 is 17.2 Å². The Morgan fingerprint density at radius 2 is 1.45 bits per heavy atom. The SMILES string of the molecule is CC(C)(N)CO.Cc1cccnc1C#N.Cc1cccnc1C(=O)NC(C)(C)CO.Cc1cccnc1C1=NC(C)(C)CO1.I.N.[Cl][Zn][Cl]. The number of aryl methyl sites for hydroxylation is 3. The van der Waals surface area contributed by atoms with Crippen molar-refractivity contribution in [1.82, 2.24) is 26.4 Å². The minimum absolute atomic E-state index is 0. The molecule has 1 aliphatic heterocycles. The van der Waals surface area contributed by atoms with Crippen molar-refractivity contribution in [1.29, 1.82) is 5.26 Å². The van der Waals surface area contributed by atoms with E-state index in [4.69, 9.17) is 45.3 Å². The molecule has 270 valence electrons. The van der Waals surface area contributed by atoms with Crippen LogP contribution in [0.2, 0.25) is 0 Å². The van der Waals surface area contributed by atoms with E-state index < -0.39 is 26.2 Å². The zero-order chi connectivity index (χ0) is 36.3. The van der Waals surface area contributed by atoms with Crippen molar-refractivity contribution >= 4 is 55.2 Å². The molecule has 3 aromatic rings. The third kappa shape index (κ3) is 22.2. The molecular weight excluding hydrogens is 836 g/mol. The van der Waals surface area contributed by atoms with E-state index in [1.807, 2.05) is 57.2 Å². The van der Waals surface area contributed by atoms with E-state index in [0.29, 0.717) is 23.9 Å². The molecule has 0 spiro atoms. The number of nitrogens with two attached hydrogens (primary N) is 1. The van der Waals surface area contributed by atoms with Crippen LogP contribution in [0.25, 0.3) is 0 Å². The number of aliphatic hydroxyl groups is 2. The second-order valence-electron chi connectivity index (χ2n) is 12.4. The first kappa shape index (κ1) is 51.0. The molecule has 4 heterocycles. The van der Waals surface area contributed by atoms with Crippen molar-refractivity contribution in [2.45, 2.75) is 78.9 Å². The van der Waals surface area contributed by atoms with Crippen molar-refractivity contribution in [3.8, 4) is 6.07 Å². The summed E-state index contributed by atoms with van der Waals surface area (Å²) in [6.45, 7) is 17.4. The number of aromatic nitrogens is 3. The Labute approximate surface area is 324 Å². The summed E-state index contributed by atoms with van der Waals surface area (Å²) in [6.07, 6.45) is 4.96. The Bertz CT molecular complexity index is 1470. The monoisotopic (exact) mass is 884 g/mol. The molecule has 0 fully saturated rings. The average molecular weight is 887 g/mol. The van der Waals surface area contributed by atoms with E-state index in [2.05, 4.69) is 39.1 Å². The van der Waals surface area contributed by atoms with E-state index in [1.54, 1.807) is 52.4 Å². The van der Waals surface area contributed by atoms with Crippen molar-refractivity contribution in [3.63, 3.8) is 0 Å². The summed E-state index contributed by atoms with van der Waals surface area (Å²) < 4.78 is 5.52. The fourth-order valence-corrected chi connectivity index (χ4v) is 3.15. The number of nitrogens with zero attached hydrogens (tertiary/aromatic N) is 5. The third-order valence-electron chi connectivity index (χ3n) is 5.77. The number of aliphatic imine (C=N–C) groups is 1. The molecule has 4 rings (SSSR count). The molecule has 0 aromatic carbocycles. The first-order valence-electron chi connectivity index (χ1n) is 14.7. The van der Waals surface area contributed by atoms with Gasteiger partial charge in [-0.05, 0) is 97.2 Å².